The Balaban J connectivity index is 1.56. The van der Waals surface area contributed by atoms with Crippen molar-refractivity contribution in [2.24, 2.45) is 0 Å². The smallest absolute Gasteiger partial charge is 0.287 e. The van der Waals surface area contributed by atoms with Crippen LogP contribution < -0.4 is 14.8 Å². The first kappa shape index (κ1) is 23.6. The van der Waals surface area contributed by atoms with Crippen molar-refractivity contribution < 1.29 is 14.3 Å². The van der Waals surface area contributed by atoms with E-state index in [4.69, 9.17) is 32.7 Å². The first-order chi connectivity index (χ1) is 16.4. The summed E-state index contributed by atoms with van der Waals surface area (Å²) in [6, 6.07) is 20.2. The van der Waals surface area contributed by atoms with Crippen LogP contribution in [0.15, 0.2) is 66.7 Å². The van der Waals surface area contributed by atoms with E-state index in [1.54, 1.807) is 25.3 Å². The molecular formula is C25H22Cl2N4O3. The van der Waals surface area contributed by atoms with Crippen LogP contribution in [0.3, 0.4) is 0 Å². The van der Waals surface area contributed by atoms with Crippen LogP contribution in [0.1, 0.15) is 15.9 Å². The number of aryl methyl sites for hydroxylation is 1. The SMILES string of the molecule is COc1ccc(CNc2nc(-c3ccc(C)cc3)nn2C(=O)COc2ccc(Cl)cc2Cl)cc1. The van der Waals surface area contributed by atoms with E-state index in [0.717, 1.165) is 22.4 Å². The summed E-state index contributed by atoms with van der Waals surface area (Å²) < 4.78 is 12.0. The lowest BCUT2D eigenvalue weighted by molar-refractivity contribution is 0.0824. The second kappa shape index (κ2) is 10.6. The molecule has 1 N–H and O–H groups in total. The van der Waals surface area contributed by atoms with Crippen LogP contribution in [-0.2, 0) is 6.54 Å². The molecule has 0 saturated heterocycles. The molecule has 9 heteroatoms. The molecule has 4 rings (SSSR count). The summed E-state index contributed by atoms with van der Waals surface area (Å²) in [5.41, 5.74) is 2.90. The van der Waals surface area contributed by atoms with Gasteiger partial charge in [-0.15, -0.1) is 5.10 Å². The number of aromatic nitrogens is 3. The molecule has 4 aromatic rings. The van der Waals surface area contributed by atoms with E-state index in [0.29, 0.717) is 34.1 Å². The molecule has 0 spiro atoms. The van der Waals surface area contributed by atoms with Crippen LogP contribution >= 0.6 is 23.2 Å². The second-order valence-corrected chi connectivity index (χ2v) is 8.34. The number of rotatable bonds is 8. The van der Waals surface area contributed by atoms with E-state index < -0.39 is 5.91 Å². The fourth-order valence-electron chi connectivity index (χ4n) is 3.14. The third-order valence-corrected chi connectivity index (χ3v) is 5.54. The first-order valence-corrected chi connectivity index (χ1v) is 11.2. The van der Waals surface area contributed by atoms with E-state index in [-0.39, 0.29) is 6.61 Å². The summed E-state index contributed by atoms with van der Waals surface area (Å²) >= 11 is 12.1. The van der Waals surface area contributed by atoms with Crippen molar-refractivity contribution in [2.45, 2.75) is 13.5 Å². The highest BCUT2D eigenvalue weighted by Gasteiger charge is 2.18. The van der Waals surface area contributed by atoms with Gasteiger partial charge in [0.1, 0.15) is 11.5 Å². The Morgan fingerprint density at radius 2 is 1.76 bits per heavy atom. The van der Waals surface area contributed by atoms with Crippen molar-refractivity contribution in [1.29, 1.82) is 0 Å². The monoisotopic (exact) mass is 496 g/mol. The van der Waals surface area contributed by atoms with Crippen molar-refractivity contribution >= 4 is 35.1 Å². The molecule has 0 aliphatic rings. The van der Waals surface area contributed by atoms with Gasteiger partial charge >= 0.3 is 0 Å². The number of hydrogen-bond acceptors (Lipinski definition) is 6. The molecule has 0 saturated carbocycles. The lowest BCUT2D eigenvalue weighted by atomic mass is 10.1. The summed E-state index contributed by atoms with van der Waals surface area (Å²) in [5, 5.41) is 8.43. The molecule has 1 aromatic heterocycles. The van der Waals surface area contributed by atoms with Gasteiger partial charge in [0.25, 0.3) is 5.91 Å². The molecule has 0 unspecified atom stereocenters. The molecule has 0 atom stereocenters. The molecular weight excluding hydrogens is 475 g/mol. The van der Waals surface area contributed by atoms with Crippen LogP contribution in [0.2, 0.25) is 10.0 Å². The minimum Gasteiger partial charge on any atom is -0.497 e. The van der Waals surface area contributed by atoms with Crippen LogP contribution in [0.5, 0.6) is 11.5 Å². The maximum Gasteiger partial charge on any atom is 0.287 e. The summed E-state index contributed by atoms with van der Waals surface area (Å²) in [6.45, 7) is 2.16. The van der Waals surface area contributed by atoms with Crippen LogP contribution in [0, 0.1) is 6.92 Å². The highest BCUT2D eigenvalue weighted by molar-refractivity contribution is 6.35. The molecule has 7 nitrogen and oxygen atoms in total. The maximum absolute atomic E-state index is 13.0. The molecule has 0 aliphatic heterocycles. The van der Waals surface area contributed by atoms with Crippen molar-refractivity contribution in [2.75, 3.05) is 19.0 Å². The third kappa shape index (κ3) is 5.68. The van der Waals surface area contributed by atoms with E-state index in [2.05, 4.69) is 15.4 Å². The van der Waals surface area contributed by atoms with Gasteiger partial charge in [0.2, 0.25) is 5.95 Å². The van der Waals surface area contributed by atoms with E-state index in [1.807, 2.05) is 55.5 Å². The molecule has 3 aromatic carbocycles. The van der Waals surface area contributed by atoms with Gasteiger partial charge in [0.15, 0.2) is 12.4 Å². The van der Waals surface area contributed by atoms with Gasteiger partial charge in [-0.3, -0.25) is 4.79 Å². The van der Waals surface area contributed by atoms with Gasteiger partial charge in [0.05, 0.1) is 12.1 Å². The summed E-state index contributed by atoms with van der Waals surface area (Å²) in [6.07, 6.45) is 0. The molecule has 174 valence electrons. The Bertz CT molecular complexity index is 1290. The number of methoxy groups -OCH3 is 1. The summed E-state index contributed by atoms with van der Waals surface area (Å²) in [5.74, 6) is 1.44. The molecule has 0 bridgehead atoms. The minimum atomic E-state index is -0.408. The quantitative estimate of drug-likeness (QED) is 0.327. The lowest BCUT2D eigenvalue weighted by Gasteiger charge is -2.10. The van der Waals surface area contributed by atoms with E-state index >= 15 is 0 Å². The van der Waals surface area contributed by atoms with Gasteiger partial charge in [-0.05, 0) is 42.8 Å². The zero-order valence-corrected chi connectivity index (χ0v) is 20.1. The largest absolute Gasteiger partial charge is 0.497 e. The van der Waals surface area contributed by atoms with Gasteiger partial charge in [-0.25, -0.2) is 0 Å². The van der Waals surface area contributed by atoms with Crippen LogP contribution in [-0.4, -0.2) is 34.4 Å². The minimum absolute atomic E-state index is 0.282. The third-order valence-electron chi connectivity index (χ3n) is 5.01. The molecule has 34 heavy (non-hydrogen) atoms. The molecule has 0 fully saturated rings. The lowest BCUT2D eigenvalue weighted by Crippen LogP contribution is -2.22. The molecule has 0 amide bonds. The fourth-order valence-corrected chi connectivity index (χ4v) is 3.61. The number of ether oxygens (including phenoxy) is 2. The van der Waals surface area contributed by atoms with E-state index in [1.165, 1.54) is 4.68 Å². The van der Waals surface area contributed by atoms with Gasteiger partial charge in [0, 0.05) is 17.1 Å². The molecule has 0 radical (unpaired) electrons. The predicted octanol–water partition coefficient (Wildman–Crippen LogP) is 5.90. The van der Waals surface area contributed by atoms with Crippen LogP contribution in [0.4, 0.5) is 5.95 Å². The van der Waals surface area contributed by atoms with E-state index in [9.17, 15) is 4.79 Å². The zero-order valence-electron chi connectivity index (χ0n) is 18.6. The Morgan fingerprint density at radius 1 is 1.03 bits per heavy atom. The number of nitrogens with zero attached hydrogens (tertiary/aromatic N) is 3. The summed E-state index contributed by atoms with van der Waals surface area (Å²) in [4.78, 5) is 17.6. The first-order valence-electron chi connectivity index (χ1n) is 10.4. The number of benzene rings is 3. The average Bonchev–Trinajstić information content (AvgIpc) is 3.27. The van der Waals surface area contributed by atoms with Crippen molar-refractivity contribution in [3.8, 4) is 22.9 Å². The predicted molar refractivity (Wildman–Crippen MR) is 133 cm³/mol. The highest BCUT2D eigenvalue weighted by atomic mass is 35.5. The number of hydrogen-bond donors (Lipinski definition) is 1. The normalized spacial score (nSPS) is 10.7. The van der Waals surface area contributed by atoms with Crippen molar-refractivity contribution in [3.63, 3.8) is 0 Å². The number of carbonyl (C=O) groups excluding carboxylic acids is 1. The Labute approximate surface area is 207 Å². The van der Waals surface area contributed by atoms with Gasteiger partial charge < -0.3 is 14.8 Å². The van der Waals surface area contributed by atoms with Gasteiger partial charge in [-0.1, -0.05) is 65.2 Å². The number of carbonyl (C=O) groups is 1. The Morgan fingerprint density at radius 3 is 2.44 bits per heavy atom. The number of halogens is 2. The topological polar surface area (TPSA) is 78.3 Å². The average molecular weight is 497 g/mol. The van der Waals surface area contributed by atoms with Crippen molar-refractivity contribution in [3.05, 3.63) is 87.9 Å². The van der Waals surface area contributed by atoms with Crippen molar-refractivity contribution in [1.82, 2.24) is 14.8 Å². The Kier molecular flexibility index (Phi) is 7.35. The second-order valence-electron chi connectivity index (χ2n) is 7.50. The van der Waals surface area contributed by atoms with Crippen LogP contribution in [0.25, 0.3) is 11.4 Å². The Hall–Kier alpha value is -3.55. The standard InChI is InChI=1S/C25H22Cl2N4O3/c1-16-3-7-18(8-4-16)24-29-25(28-14-17-5-10-20(33-2)11-6-17)31(30-24)23(32)15-34-22-12-9-19(26)13-21(22)27/h3-13H,14-15H2,1-2H3,(H,28,29,30). The highest BCUT2D eigenvalue weighted by Crippen LogP contribution is 2.27. The maximum atomic E-state index is 13.0. The molecule has 0 aliphatic carbocycles. The van der Waals surface area contributed by atoms with Gasteiger partial charge in [-0.2, -0.15) is 9.67 Å². The summed E-state index contributed by atoms with van der Waals surface area (Å²) in [7, 11) is 1.62. The zero-order chi connectivity index (χ0) is 24.1. The number of nitrogens with one attached hydrogen (secondary N) is 1. The molecule has 1 heterocycles. The number of anilines is 1. The fraction of sp³-hybridized carbons (Fsp3) is 0.160.